The molecule has 44 heavy (non-hydrogen) atoms. The predicted molar refractivity (Wildman–Crippen MR) is 168 cm³/mol. The average molecular weight is 622 g/mol. The van der Waals surface area contributed by atoms with Gasteiger partial charge in [-0.3, -0.25) is 4.98 Å². The molecule has 4 aromatic heterocycles. The summed E-state index contributed by atoms with van der Waals surface area (Å²) in [5, 5.41) is 12.4. The highest BCUT2D eigenvalue weighted by molar-refractivity contribution is 7.91. The quantitative estimate of drug-likeness (QED) is 0.209. The number of halogens is 2. The first-order valence-corrected chi connectivity index (χ1v) is 16.8. The minimum atomic E-state index is -3.76. The number of benzene rings is 1. The van der Waals surface area contributed by atoms with Crippen molar-refractivity contribution in [2.45, 2.75) is 63.3 Å². The van der Waals surface area contributed by atoms with Crippen molar-refractivity contribution in [2.24, 2.45) is 18.9 Å². The van der Waals surface area contributed by atoms with Gasteiger partial charge in [0, 0.05) is 44.5 Å². The number of nitrogens with zero attached hydrogens (tertiary/aromatic N) is 6. The molecule has 232 valence electrons. The predicted octanol–water partition coefficient (Wildman–Crippen LogP) is 6.57. The number of fused-ring (bicyclic) bond motifs is 3. The van der Waals surface area contributed by atoms with E-state index in [0.29, 0.717) is 53.1 Å². The Balaban J connectivity index is 1.75. The summed E-state index contributed by atoms with van der Waals surface area (Å²) in [5.74, 6) is -2.05. The van der Waals surface area contributed by atoms with Crippen molar-refractivity contribution in [1.29, 1.82) is 0 Å². The topological polar surface area (TPSA) is 108 Å². The maximum atomic E-state index is 14.5. The zero-order valence-electron chi connectivity index (χ0n) is 25.6. The molecule has 9 nitrogen and oxygen atoms in total. The van der Waals surface area contributed by atoms with Gasteiger partial charge in [0.2, 0.25) is 5.92 Å². The van der Waals surface area contributed by atoms with Crippen molar-refractivity contribution in [3.63, 3.8) is 0 Å². The van der Waals surface area contributed by atoms with Crippen molar-refractivity contribution in [3.05, 3.63) is 60.0 Å². The van der Waals surface area contributed by atoms with Crippen LogP contribution in [-0.2, 0) is 16.9 Å². The number of rotatable bonds is 8. The fourth-order valence-corrected chi connectivity index (χ4v) is 7.33. The van der Waals surface area contributed by atoms with E-state index in [-0.39, 0.29) is 23.7 Å². The summed E-state index contributed by atoms with van der Waals surface area (Å²) in [6.07, 6.45) is 4.48. The molecular formula is C32H37F2N7O2S. The van der Waals surface area contributed by atoms with E-state index in [0.717, 1.165) is 22.5 Å². The molecule has 1 N–H and O–H groups in total. The first-order valence-electron chi connectivity index (χ1n) is 14.9. The number of hydrogen-bond donors (Lipinski definition) is 1. The van der Waals surface area contributed by atoms with E-state index in [1.165, 1.54) is 12.5 Å². The first-order chi connectivity index (χ1) is 20.9. The lowest BCUT2D eigenvalue weighted by Crippen LogP contribution is -2.30. The van der Waals surface area contributed by atoms with Crippen molar-refractivity contribution in [1.82, 2.24) is 29.5 Å². The summed E-state index contributed by atoms with van der Waals surface area (Å²) >= 11 is 0. The Morgan fingerprint density at radius 1 is 1.09 bits per heavy atom. The van der Waals surface area contributed by atoms with Crippen LogP contribution in [0.15, 0.2) is 53.7 Å². The van der Waals surface area contributed by atoms with Crippen LogP contribution in [-0.4, -0.2) is 56.7 Å². The van der Waals surface area contributed by atoms with Gasteiger partial charge in [-0.1, -0.05) is 49.4 Å². The lowest BCUT2D eigenvalue weighted by molar-refractivity contribution is -0.0493. The van der Waals surface area contributed by atoms with E-state index in [1.54, 1.807) is 10.9 Å². The molecule has 1 unspecified atom stereocenters. The number of nitrogens with one attached hydrogen (secondary N) is 1. The molecule has 1 fully saturated rings. The second-order valence-corrected chi connectivity index (χ2v) is 14.4. The lowest BCUT2D eigenvalue weighted by atomic mass is 9.79. The number of anilines is 1. The molecule has 1 aliphatic rings. The van der Waals surface area contributed by atoms with Gasteiger partial charge in [0.25, 0.3) is 0 Å². The van der Waals surface area contributed by atoms with E-state index in [1.807, 2.05) is 54.9 Å². The minimum absolute atomic E-state index is 0.0718. The van der Waals surface area contributed by atoms with Gasteiger partial charge in [-0.25, -0.2) is 26.9 Å². The van der Waals surface area contributed by atoms with Crippen molar-refractivity contribution in [3.8, 4) is 11.3 Å². The molecular weight excluding hydrogens is 584 g/mol. The van der Waals surface area contributed by atoms with E-state index < -0.39 is 21.8 Å². The monoisotopic (exact) mass is 621 g/mol. The molecule has 0 radical (unpaired) electrons. The molecule has 1 atom stereocenters. The molecule has 6 rings (SSSR count). The van der Waals surface area contributed by atoms with Crippen LogP contribution in [0.4, 0.5) is 14.6 Å². The number of hydrogen-bond acceptors (Lipinski definition) is 7. The maximum Gasteiger partial charge on any atom is 0.248 e. The molecule has 0 spiro atoms. The van der Waals surface area contributed by atoms with Gasteiger partial charge in [0.15, 0.2) is 9.84 Å². The van der Waals surface area contributed by atoms with Crippen LogP contribution in [0, 0.1) is 18.8 Å². The van der Waals surface area contributed by atoms with Gasteiger partial charge in [-0.05, 0) is 43.2 Å². The van der Waals surface area contributed by atoms with E-state index in [4.69, 9.17) is 4.98 Å². The maximum absolute atomic E-state index is 14.5. The molecule has 0 amide bonds. The minimum Gasteiger partial charge on any atom is -0.369 e. The molecule has 0 aliphatic heterocycles. The number of alkyl halides is 2. The number of aryl methyl sites for hydroxylation is 2. The number of sulfone groups is 1. The standard InChI is InChI=1S/C32H37F2N7O2S/c1-19(2)16-36-31-26-27-24(15-23(17-35-27)28-20(3)38-39-40(28)4)41(30(26)25(18-37-31)44(5,42)43)29(21-9-7-6-8-10-21)22-11-13-32(33,34)14-12-22/h6-10,15,17-19,22,29H,11-14,16H2,1-5H3,(H,36,37). The summed E-state index contributed by atoms with van der Waals surface area (Å²) in [7, 11) is -1.95. The average Bonchev–Trinajstić information content (AvgIpc) is 3.48. The summed E-state index contributed by atoms with van der Waals surface area (Å²) < 4.78 is 59.5. The SMILES string of the molecule is Cc1nnn(C)c1-c1cnc2c3c(NCC(C)C)ncc(S(C)(=O)=O)c3n(C(c3ccccc3)C3CCC(F)(F)CC3)c2c1. The van der Waals surface area contributed by atoms with E-state index >= 15 is 0 Å². The van der Waals surface area contributed by atoms with Gasteiger partial charge >= 0.3 is 0 Å². The summed E-state index contributed by atoms with van der Waals surface area (Å²) in [6.45, 7) is 6.65. The van der Waals surface area contributed by atoms with Gasteiger partial charge in [0.05, 0.1) is 45.6 Å². The van der Waals surface area contributed by atoms with Crippen molar-refractivity contribution in [2.75, 3.05) is 18.1 Å². The summed E-state index contributed by atoms with van der Waals surface area (Å²) in [5.41, 5.74) is 4.93. The smallest absolute Gasteiger partial charge is 0.248 e. The van der Waals surface area contributed by atoms with Crippen LogP contribution in [0.25, 0.3) is 33.2 Å². The molecule has 1 aliphatic carbocycles. The highest BCUT2D eigenvalue weighted by Gasteiger charge is 2.40. The largest absolute Gasteiger partial charge is 0.369 e. The van der Waals surface area contributed by atoms with Gasteiger partial charge in [-0.15, -0.1) is 5.10 Å². The Bertz CT molecular complexity index is 1920. The summed E-state index contributed by atoms with van der Waals surface area (Å²) in [4.78, 5) is 9.62. The number of pyridine rings is 2. The highest BCUT2D eigenvalue weighted by atomic mass is 32.2. The molecule has 5 aromatic rings. The molecule has 1 saturated carbocycles. The molecule has 12 heteroatoms. The Morgan fingerprint density at radius 3 is 2.41 bits per heavy atom. The molecule has 0 saturated heterocycles. The van der Waals surface area contributed by atoms with E-state index in [9.17, 15) is 17.2 Å². The Labute approximate surface area is 255 Å². The van der Waals surface area contributed by atoms with Crippen LogP contribution in [0.2, 0.25) is 0 Å². The molecule has 1 aromatic carbocycles. The lowest BCUT2D eigenvalue weighted by Gasteiger charge is -2.36. The fourth-order valence-electron chi connectivity index (χ4n) is 6.54. The Hall–Kier alpha value is -3.93. The second kappa shape index (κ2) is 11.2. The second-order valence-electron chi connectivity index (χ2n) is 12.4. The normalized spacial score (nSPS) is 16.6. The third kappa shape index (κ3) is 5.44. The molecule has 4 heterocycles. The van der Waals surface area contributed by atoms with Crippen LogP contribution >= 0.6 is 0 Å². The van der Waals surface area contributed by atoms with Crippen LogP contribution in [0.5, 0.6) is 0 Å². The third-order valence-corrected chi connectivity index (χ3v) is 9.69. The Kier molecular flexibility index (Phi) is 7.67. The third-order valence-electron chi connectivity index (χ3n) is 8.60. The van der Waals surface area contributed by atoms with Crippen LogP contribution in [0.1, 0.15) is 56.8 Å². The zero-order chi connectivity index (χ0) is 31.4. The zero-order valence-corrected chi connectivity index (χ0v) is 26.4. The van der Waals surface area contributed by atoms with Crippen LogP contribution in [0.3, 0.4) is 0 Å². The fraction of sp³-hybridized carbons (Fsp3) is 0.438. The summed E-state index contributed by atoms with van der Waals surface area (Å²) in [6, 6.07) is 11.3. The highest BCUT2D eigenvalue weighted by Crippen LogP contribution is 2.47. The van der Waals surface area contributed by atoms with Gasteiger partial charge < -0.3 is 9.88 Å². The Morgan fingerprint density at radius 2 is 1.80 bits per heavy atom. The van der Waals surface area contributed by atoms with Crippen LogP contribution < -0.4 is 5.32 Å². The van der Waals surface area contributed by atoms with Crippen molar-refractivity contribution < 1.29 is 17.2 Å². The van der Waals surface area contributed by atoms with Gasteiger partial charge in [-0.2, -0.15) is 0 Å². The van der Waals surface area contributed by atoms with Gasteiger partial charge in [0.1, 0.15) is 10.7 Å². The van der Waals surface area contributed by atoms with E-state index in [2.05, 4.69) is 34.5 Å². The molecule has 0 bridgehead atoms. The number of aromatic nitrogens is 6. The van der Waals surface area contributed by atoms with Crippen molar-refractivity contribution >= 4 is 37.6 Å². The first kappa shape index (κ1) is 30.1.